The van der Waals surface area contributed by atoms with Crippen molar-refractivity contribution >= 4 is 23.2 Å². The smallest absolute Gasteiger partial charge is 0.371 e. The van der Waals surface area contributed by atoms with Gasteiger partial charge in [0.25, 0.3) is 0 Å². The van der Waals surface area contributed by atoms with Crippen LogP contribution in [0, 0.1) is 17.6 Å². The lowest BCUT2D eigenvalue weighted by Gasteiger charge is -2.19. The van der Waals surface area contributed by atoms with Gasteiger partial charge in [-0.3, -0.25) is 4.79 Å². The predicted molar refractivity (Wildman–Crippen MR) is 70.5 cm³/mol. The van der Waals surface area contributed by atoms with Gasteiger partial charge in [0.2, 0.25) is 0 Å². The molecule has 1 aliphatic heterocycles. The molecular weight excluding hydrogens is 312 g/mol. The zero-order valence-corrected chi connectivity index (χ0v) is 11.6. The first kappa shape index (κ1) is 15.9. The summed E-state index contributed by atoms with van der Waals surface area (Å²) in [7, 11) is 0. The quantitative estimate of drug-likeness (QED) is 0.682. The fraction of sp³-hybridized carbons (Fsp3) is 0.462. The highest BCUT2D eigenvalue weighted by Crippen LogP contribution is 2.25. The minimum Gasteiger partial charge on any atom is -0.371 e. The Balaban J connectivity index is 1.89. The molecule has 1 heterocycles. The summed E-state index contributed by atoms with van der Waals surface area (Å²) in [6.45, 7) is 1.09. The second kappa shape index (κ2) is 6.09. The van der Waals surface area contributed by atoms with E-state index in [9.17, 15) is 22.4 Å². The van der Waals surface area contributed by atoms with E-state index in [2.05, 4.69) is 16.9 Å². The first-order valence-corrected chi connectivity index (χ1v) is 6.70. The van der Waals surface area contributed by atoms with Crippen molar-refractivity contribution in [3.63, 3.8) is 0 Å². The third-order valence-corrected chi connectivity index (χ3v) is 3.53. The molecule has 0 aliphatic carbocycles. The van der Waals surface area contributed by atoms with E-state index in [0.29, 0.717) is 25.2 Å². The van der Waals surface area contributed by atoms with Gasteiger partial charge < -0.3 is 10.2 Å². The van der Waals surface area contributed by atoms with Gasteiger partial charge in [-0.2, -0.15) is 8.78 Å². The van der Waals surface area contributed by atoms with Gasteiger partial charge in [-0.25, -0.2) is 8.78 Å². The van der Waals surface area contributed by atoms with Gasteiger partial charge in [0, 0.05) is 31.4 Å². The molecule has 1 saturated heterocycles. The van der Waals surface area contributed by atoms with Gasteiger partial charge >= 0.3 is 11.3 Å². The Labute approximate surface area is 123 Å². The fourth-order valence-corrected chi connectivity index (χ4v) is 2.32. The standard InChI is InChI=1S/C13H13ClF4N2O/c14-13(17,18)12(21)19-6-8-3-4-20(7-8)9-1-2-10(15)11(16)5-9/h1-2,5,8H,3-4,6-7H2,(H,19,21)/t8-/m0/s1. The number of rotatable bonds is 4. The number of hydrogen-bond acceptors (Lipinski definition) is 2. The van der Waals surface area contributed by atoms with Crippen molar-refractivity contribution in [2.45, 2.75) is 11.8 Å². The number of halogens is 5. The molecule has 3 nitrogen and oxygen atoms in total. The third-order valence-electron chi connectivity index (χ3n) is 3.36. The van der Waals surface area contributed by atoms with Gasteiger partial charge in [-0.05, 0) is 36.1 Å². The molecule has 21 heavy (non-hydrogen) atoms. The molecule has 1 aliphatic rings. The largest absolute Gasteiger partial charge is 0.399 e. The highest BCUT2D eigenvalue weighted by Gasteiger charge is 2.36. The number of amides is 1. The van der Waals surface area contributed by atoms with Crippen molar-refractivity contribution in [3.05, 3.63) is 29.8 Å². The second-order valence-corrected chi connectivity index (χ2v) is 5.38. The van der Waals surface area contributed by atoms with Crippen LogP contribution in [0.2, 0.25) is 0 Å². The number of nitrogens with one attached hydrogen (secondary N) is 1. The van der Waals surface area contributed by atoms with E-state index in [4.69, 9.17) is 0 Å². The van der Waals surface area contributed by atoms with E-state index < -0.39 is 22.9 Å². The maximum atomic E-state index is 13.2. The summed E-state index contributed by atoms with van der Waals surface area (Å²) in [5, 5.41) is -1.84. The Hall–Kier alpha value is -1.50. The Morgan fingerprint density at radius 3 is 2.71 bits per heavy atom. The van der Waals surface area contributed by atoms with Gasteiger partial charge in [0.15, 0.2) is 11.6 Å². The van der Waals surface area contributed by atoms with Crippen molar-refractivity contribution in [2.24, 2.45) is 5.92 Å². The number of carbonyl (C=O) groups is 1. The van der Waals surface area contributed by atoms with Crippen LogP contribution >= 0.6 is 11.6 Å². The molecule has 1 fully saturated rings. The molecule has 0 spiro atoms. The average Bonchev–Trinajstić information content (AvgIpc) is 2.87. The zero-order chi connectivity index (χ0) is 15.6. The van der Waals surface area contributed by atoms with Crippen LogP contribution in [0.1, 0.15) is 6.42 Å². The number of hydrogen-bond donors (Lipinski definition) is 1. The van der Waals surface area contributed by atoms with Crippen LogP contribution in [-0.4, -0.2) is 30.9 Å². The summed E-state index contributed by atoms with van der Waals surface area (Å²) >= 11 is 4.59. The van der Waals surface area contributed by atoms with Crippen LogP contribution in [0.4, 0.5) is 23.2 Å². The van der Waals surface area contributed by atoms with Gasteiger partial charge in [-0.15, -0.1) is 0 Å². The highest BCUT2D eigenvalue weighted by molar-refractivity contribution is 6.32. The summed E-state index contributed by atoms with van der Waals surface area (Å²) in [5.74, 6) is -3.45. The molecule has 2 rings (SSSR count). The number of benzene rings is 1. The van der Waals surface area contributed by atoms with Crippen LogP contribution in [0.3, 0.4) is 0 Å². The van der Waals surface area contributed by atoms with Crippen LogP contribution in [-0.2, 0) is 4.79 Å². The summed E-state index contributed by atoms with van der Waals surface area (Å²) in [4.78, 5) is 12.8. The first-order chi connectivity index (χ1) is 9.77. The number of nitrogens with zero attached hydrogens (tertiary/aromatic N) is 1. The van der Waals surface area contributed by atoms with Crippen molar-refractivity contribution in [3.8, 4) is 0 Å². The minimum absolute atomic E-state index is 0.0546. The van der Waals surface area contributed by atoms with E-state index in [0.717, 1.165) is 12.1 Å². The second-order valence-electron chi connectivity index (χ2n) is 4.91. The Morgan fingerprint density at radius 1 is 1.38 bits per heavy atom. The Morgan fingerprint density at radius 2 is 2.10 bits per heavy atom. The molecule has 1 aromatic rings. The van der Waals surface area contributed by atoms with Gasteiger partial charge in [-0.1, -0.05) is 0 Å². The van der Waals surface area contributed by atoms with Crippen LogP contribution in [0.5, 0.6) is 0 Å². The molecule has 0 aromatic heterocycles. The number of alkyl halides is 3. The maximum absolute atomic E-state index is 13.2. The summed E-state index contributed by atoms with van der Waals surface area (Å²) < 4.78 is 51.0. The lowest BCUT2D eigenvalue weighted by molar-refractivity contribution is -0.135. The lowest BCUT2D eigenvalue weighted by Crippen LogP contribution is -2.39. The monoisotopic (exact) mass is 324 g/mol. The van der Waals surface area contributed by atoms with Crippen molar-refractivity contribution in [1.29, 1.82) is 0 Å². The SMILES string of the molecule is O=C(NC[C@@H]1CCN(c2ccc(F)c(F)c2)C1)C(F)(F)Cl. The maximum Gasteiger partial charge on any atom is 0.399 e. The normalized spacial score (nSPS) is 18.9. The third kappa shape index (κ3) is 4.00. The van der Waals surface area contributed by atoms with E-state index in [1.54, 1.807) is 4.90 Å². The molecule has 0 saturated carbocycles. The summed E-state index contributed by atoms with van der Waals surface area (Å²) in [5.41, 5.74) is 0.519. The molecule has 1 N–H and O–H groups in total. The van der Waals surface area contributed by atoms with E-state index in [-0.39, 0.29) is 12.5 Å². The van der Waals surface area contributed by atoms with Crippen LogP contribution < -0.4 is 10.2 Å². The lowest BCUT2D eigenvalue weighted by atomic mass is 10.1. The first-order valence-electron chi connectivity index (χ1n) is 6.32. The van der Waals surface area contributed by atoms with Gasteiger partial charge in [0.1, 0.15) is 0 Å². The molecule has 1 amide bonds. The average molecular weight is 325 g/mol. The Kier molecular flexibility index (Phi) is 4.61. The molecule has 8 heteroatoms. The molecule has 0 radical (unpaired) electrons. The molecular formula is C13H13ClF4N2O. The number of carbonyl (C=O) groups excluding carboxylic acids is 1. The highest BCUT2D eigenvalue weighted by atomic mass is 35.5. The Bertz CT molecular complexity index is 535. The van der Waals surface area contributed by atoms with Crippen LogP contribution in [0.25, 0.3) is 0 Å². The molecule has 1 atom stereocenters. The predicted octanol–water partition coefficient (Wildman–Crippen LogP) is 2.74. The van der Waals surface area contributed by atoms with Crippen LogP contribution in [0.15, 0.2) is 18.2 Å². The molecule has 0 unspecified atom stereocenters. The topological polar surface area (TPSA) is 32.3 Å². The summed E-state index contributed by atoms with van der Waals surface area (Å²) in [6.07, 6.45) is 0.646. The molecule has 0 bridgehead atoms. The van der Waals surface area contributed by atoms with E-state index >= 15 is 0 Å². The summed E-state index contributed by atoms with van der Waals surface area (Å²) in [6, 6.07) is 3.57. The zero-order valence-electron chi connectivity index (χ0n) is 10.9. The van der Waals surface area contributed by atoms with E-state index in [1.807, 2.05) is 0 Å². The van der Waals surface area contributed by atoms with E-state index in [1.165, 1.54) is 6.07 Å². The van der Waals surface area contributed by atoms with Crippen molar-refractivity contribution < 1.29 is 22.4 Å². The minimum atomic E-state index is -3.92. The molecule has 1 aromatic carbocycles. The van der Waals surface area contributed by atoms with Gasteiger partial charge in [0.05, 0.1) is 0 Å². The van der Waals surface area contributed by atoms with Crippen molar-refractivity contribution in [1.82, 2.24) is 5.32 Å². The number of anilines is 1. The molecule has 116 valence electrons. The fourth-order valence-electron chi connectivity index (χ4n) is 2.25. The van der Waals surface area contributed by atoms with Crippen molar-refractivity contribution in [2.75, 3.05) is 24.5 Å².